The number of rotatable bonds is 3. The van der Waals surface area contributed by atoms with Crippen LogP contribution in [0.15, 0.2) is 34.9 Å². The molecule has 25 heavy (non-hydrogen) atoms. The topological polar surface area (TPSA) is 69.2 Å². The maximum Gasteiger partial charge on any atom is 0.344 e. The van der Waals surface area contributed by atoms with Gasteiger partial charge in [0, 0.05) is 5.56 Å². The van der Waals surface area contributed by atoms with Crippen LogP contribution in [0.1, 0.15) is 0 Å². The molecule has 3 aromatic rings. The molecule has 3 rings (SSSR count). The molecule has 0 fully saturated rings. The second-order valence-electron chi connectivity index (χ2n) is 4.78. The Labute approximate surface area is 135 Å². The van der Waals surface area contributed by atoms with Crippen LogP contribution < -0.4 is 0 Å². The van der Waals surface area contributed by atoms with E-state index >= 15 is 0 Å². The molecular formula is C15H5F5N2O3. The maximum atomic E-state index is 13.9. The first kappa shape index (κ1) is 16.6. The zero-order valence-corrected chi connectivity index (χ0v) is 11.9. The third kappa shape index (κ3) is 2.51. The highest BCUT2D eigenvalue weighted by atomic mass is 19.2. The molecule has 1 heterocycles. The standard InChI is InChI=1S/C15H5F5N2O3/c16-8-7(9(17)11(19)12(20)10(8)18)13-14(22(23)24)15(25-21-13)6-4-2-1-3-5-6/h1-5H. The Kier molecular flexibility index (Phi) is 3.95. The minimum Gasteiger partial charge on any atom is -0.348 e. The third-order valence-corrected chi connectivity index (χ3v) is 3.33. The van der Waals surface area contributed by atoms with Gasteiger partial charge >= 0.3 is 5.69 Å². The molecular weight excluding hydrogens is 351 g/mol. The average Bonchev–Trinajstić information content (AvgIpc) is 3.04. The summed E-state index contributed by atoms with van der Waals surface area (Å²) in [4.78, 5) is 10.2. The first-order chi connectivity index (χ1) is 11.8. The van der Waals surface area contributed by atoms with E-state index in [1.54, 1.807) is 6.07 Å². The summed E-state index contributed by atoms with van der Waals surface area (Å²) < 4.78 is 72.5. The summed E-state index contributed by atoms with van der Waals surface area (Å²) in [5.41, 5.74) is -3.52. The Hall–Kier alpha value is -3.30. The number of nitrogens with zero attached hydrogens (tertiary/aromatic N) is 2. The Bertz CT molecular complexity index is 960. The van der Waals surface area contributed by atoms with Gasteiger partial charge in [-0.15, -0.1) is 0 Å². The van der Waals surface area contributed by atoms with Crippen LogP contribution in [-0.2, 0) is 0 Å². The lowest BCUT2D eigenvalue weighted by Crippen LogP contribution is -2.05. The van der Waals surface area contributed by atoms with E-state index in [1.807, 2.05) is 0 Å². The monoisotopic (exact) mass is 356 g/mol. The van der Waals surface area contributed by atoms with Gasteiger partial charge in [-0.25, -0.2) is 22.0 Å². The van der Waals surface area contributed by atoms with Crippen molar-refractivity contribution in [3.8, 4) is 22.6 Å². The Morgan fingerprint density at radius 3 is 1.92 bits per heavy atom. The summed E-state index contributed by atoms with van der Waals surface area (Å²) >= 11 is 0. The van der Waals surface area contributed by atoms with Gasteiger partial charge in [-0.2, -0.15) is 0 Å². The highest BCUT2D eigenvalue weighted by Gasteiger charge is 2.36. The number of nitro groups is 1. The Balaban J connectivity index is 2.34. The molecule has 10 heteroatoms. The highest BCUT2D eigenvalue weighted by molar-refractivity contribution is 5.80. The van der Waals surface area contributed by atoms with E-state index in [9.17, 15) is 32.1 Å². The predicted molar refractivity (Wildman–Crippen MR) is 73.8 cm³/mol. The van der Waals surface area contributed by atoms with Crippen molar-refractivity contribution in [2.45, 2.75) is 0 Å². The largest absolute Gasteiger partial charge is 0.348 e. The average molecular weight is 356 g/mol. The van der Waals surface area contributed by atoms with Crippen molar-refractivity contribution in [2.75, 3.05) is 0 Å². The van der Waals surface area contributed by atoms with Gasteiger partial charge < -0.3 is 4.52 Å². The van der Waals surface area contributed by atoms with Gasteiger partial charge in [0.1, 0.15) is 0 Å². The van der Waals surface area contributed by atoms with Gasteiger partial charge in [0.05, 0.1) is 10.5 Å². The fourth-order valence-corrected chi connectivity index (χ4v) is 2.21. The Morgan fingerprint density at radius 1 is 0.880 bits per heavy atom. The van der Waals surface area contributed by atoms with E-state index in [4.69, 9.17) is 4.52 Å². The molecule has 2 aromatic carbocycles. The van der Waals surface area contributed by atoms with Crippen LogP contribution in [0.4, 0.5) is 27.6 Å². The molecule has 5 nitrogen and oxygen atoms in total. The van der Waals surface area contributed by atoms with Gasteiger partial charge in [0.25, 0.3) is 0 Å². The van der Waals surface area contributed by atoms with Crippen molar-refractivity contribution in [3.05, 3.63) is 69.5 Å². The molecule has 0 aliphatic heterocycles. The van der Waals surface area contributed by atoms with Crippen molar-refractivity contribution in [1.29, 1.82) is 0 Å². The minimum atomic E-state index is -2.38. The van der Waals surface area contributed by atoms with Crippen molar-refractivity contribution in [3.63, 3.8) is 0 Å². The van der Waals surface area contributed by atoms with Crippen LogP contribution >= 0.6 is 0 Å². The van der Waals surface area contributed by atoms with E-state index < -0.39 is 56.7 Å². The maximum absolute atomic E-state index is 13.9. The summed E-state index contributed by atoms with van der Waals surface area (Å²) in [7, 11) is 0. The highest BCUT2D eigenvalue weighted by Crippen LogP contribution is 2.41. The van der Waals surface area contributed by atoms with Gasteiger partial charge in [-0.3, -0.25) is 10.1 Å². The van der Waals surface area contributed by atoms with E-state index in [2.05, 4.69) is 5.16 Å². The summed E-state index contributed by atoms with van der Waals surface area (Å²) in [5, 5.41) is 14.5. The normalized spacial score (nSPS) is 10.9. The van der Waals surface area contributed by atoms with Crippen LogP contribution in [0.3, 0.4) is 0 Å². The molecule has 0 spiro atoms. The number of hydrogen-bond acceptors (Lipinski definition) is 4. The lowest BCUT2D eigenvalue weighted by atomic mass is 10.1. The second kappa shape index (κ2) is 5.96. The van der Waals surface area contributed by atoms with Gasteiger partial charge in [-0.05, 0) is 0 Å². The molecule has 0 bridgehead atoms. The van der Waals surface area contributed by atoms with Crippen LogP contribution in [0.5, 0.6) is 0 Å². The number of hydrogen-bond donors (Lipinski definition) is 0. The molecule has 1 aromatic heterocycles. The third-order valence-electron chi connectivity index (χ3n) is 3.33. The number of aromatic nitrogens is 1. The van der Waals surface area contributed by atoms with Gasteiger partial charge in [0.15, 0.2) is 29.0 Å². The summed E-state index contributed by atoms with van der Waals surface area (Å²) in [6.45, 7) is 0. The Morgan fingerprint density at radius 2 is 1.40 bits per heavy atom. The lowest BCUT2D eigenvalue weighted by Gasteiger charge is -2.05. The molecule has 0 radical (unpaired) electrons. The van der Waals surface area contributed by atoms with Crippen LogP contribution in [0, 0.1) is 39.2 Å². The van der Waals surface area contributed by atoms with E-state index in [0.717, 1.165) is 0 Å². The molecule has 0 atom stereocenters. The van der Waals surface area contributed by atoms with E-state index in [0.29, 0.717) is 0 Å². The van der Waals surface area contributed by atoms with Crippen molar-refractivity contribution >= 4 is 5.69 Å². The van der Waals surface area contributed by atoms with E-state index in [1.165, 1.54) is 24.3 Å². The first-order valence-corrected chi connectivity index (χ1v) is 6.55. The molecule has 0 N–H and O–H groups in total. The summed E-state index contributed by atoms with van der Waals surface area (Å²) in [6, 6.07) is 7.36. The van der Waals surface area contributed by atoms with Crippen molar-refractivity contribution in [1.82, 2.24) is 5.16 Å². The van der Waals surface area contributed by atoms with Gasteiger partial charge in [0.2, 0.25) is 11.6 Å². The summed E-state index contributed by atoms with van der Waals surface area (Å²) in [6.07, 6.45) is 0. The molecule has 0 saturated heterocycles. The zero-order chi connectivity index (χ0) is 18.3. The minimum absolute atomic E-state index is 0.136. The SMILES string of the molecule is O=[N+]([O-])c1c(-c2c(F)c(F)c(F)c(F)c2F)noc1-c1ccccc1. The number of benzene rings is 2. The quantitative estimate of drug-likeness (QED) is 0.226. The molecule has 0 aliphatic carbocycles. The number of halogens is 5. The predicted octanol–water partition coefficient (Wildman–Crippen LogP) is 4.61. The molecule has 0 amide bonds. The van der Waals surface area contributed by atoms with E-state index in [-0.39, 0.29) is 5.56 Å². The smallest absolute Gasteiger partial charge is 0.344 e. The molecule has 0 aliphatic rings. The van der Waals surface area contributed by atoms with Crippen LogP contribution in [-0.4, -0.2) is 10.1 Å². The second-order valence-corrected chi connectivity index (χ2v) is 4.78. The molecule has 0 saturated carbocycles. The van der Waals surface area contributed by atoms with Crippen LogP contribution in [0.2, 0.25) is 0 Å². The van der Waals surface area contributed by atoms with Crippen molar-refractivity contribution < 1.29 is 31.4 Å². The van der Waals surface area contributed by atoms with Crippen LogP contribution in [0.25, 0.3) is 22.6 Å². The first-order valence-electron chi connectivity index (χ1n) is 6.55. The van der Waals surface area contributed by atoms with Crippen molar-refractivity contribution in [2.24, 2.45) is 0 Å². The summed E-state index contributed by atoms with van der Waals surface area (Å²) in [5.74, 6) is -11.8. The molecule has 0 unspecified atom stereocenters. The lowest BCUT2D eigenvalue weighted by molar-refractivity contribution is -0.383. The fourth-order valence-electron chi connectivity index (χ4n) is 2.21. The molecule has 128 valence electrons. The van der Waals surface area contributed by atoms with Gasteiger partial charge in [-0.1, -0.05) is 35.5 Å². The fraction of sp³-hybridized carbons (Fsp3) is 0. The zero-order valence-electron chi connectivity index (χ0n) is 11.9.